The fourth-order valence-corrected chi connectivity index (χ4v) is 7.60. The maximum atomic E-state index is 11.6. The van der Waals surface area contributed by atoms with Crippen molar-refractivity contribution in [3.63, 3.8) is 0 Å². The molecule has 0 aliphatic heterocycles. The molecule has 8 rings (SSSR count). The first-order valence-electron chi connectivity index (χ1n) is 20.4. The fourth-order valence-electron chi connectivity index (χ4n) is 7.60. The molecule has 1 N–H and O–H groups in total. The van der Waals surface area contributed by atoms with Gasteiger partial charge in [-0.15, -0.1) is 0 Å². The number of benzene rings is 7. The molecule has 5 nitrogen and oxygen atoms in total. The average molecular weight is 758 g/mol. The lowest BCUT2D eigenvalue weighted by molar-refractivity contribution is 0.303. The van der Waals surface area contributed by atoms with Crippen molar-refractivity contribution in [3.8, 4) is 90.2 Å². The second-order valence-electron chi connectivity index (χ2n) is 14.5. The molecule has 58 heavy (non-hydrogen) atoms. The van der Waals surface area contributed by atoms with Gasteiger partial charge in [0.25, 0.3) is 0 Å². The van der Waals surface area contributed by atoms with Gasteiger partial charge in [-0.25, -0.2) is 15.0 Å². The normalized spacial score (nSPS) is 11.1. The van der Waals surface area contributed by atoms with E-state index in [2.05, 4.69) is 140 Å². The molecule has 0 atom stereocenters. The van der Waals surface area contributed by atoms with Crippen molar-refractivity contribution in [3.05, 3.63) is 176 Å². The Morgan fingerprint density at radius 2 is 0.759 bits per heavy atom. The van der Waals surface area contributed by atoms with Gasteiger partial charge in [0.1, 0.15) is 11.5 Å². The predicted octanol–water partition coefficient (Wildman–Crippen LogP) is 14.0. The minimum atomic E-state index is 0.0500. The predicted molar refractivity (Wildman–Crippen MR) is 238 cm³/mol. The van der Waals surface area contributed by atoms with Crippen LogP contribution in [0.3, 0.4) is 0 Å². The number of unbranched alkanes of at least 4 members (excludes halogenated alkanes) is 5. The summed E-state index contributed by atoms with van der Waals surface area (Å²) < 4.78 is 6.08. The van der Waals surface area contributed by atoms with Crippen LogP contribution in [0.2, 0.25) is 0 Å². The van der Waals surface area contributed by atoms with Gasteiger partial charge in [0.05, 0.1) is 12.2 Å². The molecule has 0 radical (unpaired) electrons. The summed E-state index contributed by atoms with van der Waals surface area (Å²) in [5.74, 6) is 2.06. The number of rotatable bonds is 15. The Morgan fingerprint density at radius 1 is 0.379 bits per heavy atom. The van der Waals surface area contributed by atoms with Crippen molar-refractivity contribution >= 4 is 0 Å². The van der Waals surface area contributed by atoms with Gasteiger partial charge in [-0.05, 0) is 63.1 Å². The number of hydrogen-bond acceptors (Lipinski definition) is 5. The summed E-state index contributed by atoms with van der Waals surface area (Å²) in [5.41, 5.74) is 10.8. The van der Waals surface area contributed by atoms with Gasteiger partial charge in [0.15, 0.2) is 17.5 Å². The summed E-state index contributed by atoms with van der Waals surface area (Å²) in [5, 5.41) is 11.6. The van der Waals surface area contributed by atoms with Crippen molar-refractivity contribution < 1.29 is 9.84 Å². The molecule has 7 aromatic carbocycles. The average Bonchev–Trinajstić information content (AvgIpc) is 3.29. The zero-order valence-electron chi connectivity index (χ0n) is 32.9. The Kier molecular flexibility index (Phi) is 12.1. The molecule has 0 unspecified atom stereocenters. The van der Waals surface area contributed by atoms with Crippen LogP contribution in [0.1, 0.15) is 45.4 Å². The van der Waals surface area contributed by atoms with Crippen LogP contribution in [0.25, 0.3) is 78.7 Å². The van der Waals surface area contributed by atoms with Crippen LogP contribution in [0.5, 0.6) is 11.5 Å². The number of aromatic nitrogens is 3. The molecule has 0 saturated heterocycles. The molecule has 0 bridgehead atoms. The minimum Gasteiger partial charge on any atom is -0.507 e. The molecular formula is C53H47N3O2. The SMILES string of the molecule is CCCCCCCCOc1ccc(-c2nc(-c3ccccc3-c3ccccc3-c3ccccc3)nc(-c3ccccc3-c3ccccc3-c3ccccc3)n2)c(O)c1. The van der Waals surface area contributed by atoms with E-state index in [1.165, 1.54) is 25.7 Å². The summed E-state index contributed by atoms with van der Waals surface area (Å²) >= 11 is 0. The molecule has 286 valence electrons. The minimum absolute atomic E-state index is 0.0500. The fraction of sp³-hybridized carbons (Fsp3) is 0.151. The maximum absolute atomic E-state index is 11.6. The number of aromatic hydroxyl groups is 1. The number of ether oxygens (including phenoxy) is 1. The molecule has 1 aromatic heterocycles. The largest absolute Gasteiger partial charge is 0.507 e. The van der Waals surface area contributed by atoms with Gasteiger partial charge < -0.3 is 9.84 Å². The van der Waals surface area contributed by atoms with E-state index in [0.29, 0.717) is 35.4 Å². The third kappa shape index (κ3) is 8.59. The second kappa shape index (κ2) is 18.4. The first kappa shape index (κ1) is 38.0. The standard InChI is InChI=1S/C53H47N3O2/c1-2-3-4-5-6-21-36-58-40-34-35-49(50(57)37-40)53-55-51(47-32-19-17-30-45(47)43-28-15-13-26-41(43)38-22-9-7-10-23-38)54-52(56-53)48-33-20-18-31-46(48)44-29-16-14-27-42(44)39-24-11-8-12-25-39/h7-20,22-35,37,57H,2-6,21,36H2,1H3. The van der Waals surface area contributed by atoms with E-state index >= 15 is 0 Å². The van der Waals surface area contributed by atoms with Crippen LogP contribution in [0, 0.1) is 0 Å². The van der Waals surface area contributed by atoms with Crippen LogP contribution in [0.15, 0.2) is 176 Å². The Hall–Kier alpha value is -6.85. The van der Waals surface area contributed by atoms with Crippen LogP contribution in [-0.4, -0.2) is 26.7 Å². The lowest BCUT2D eigenvalue weighted by Crippen LogP contribution is -2.03. The molecular weight excluding hydrogens is 711 g/mol. The van der Waals surface area contributed by atoms with E-state index in [1.54, 1.807) is 6.07 Å². The van der Waals surface area contributed by atoms with Gasteiger partial charge >= 0.3 is 0 Å². The number of phenolic OH excluding ortho intramolecular Hbond substituents is 1. The molecule has 8 aromatic rings. The molecule has 1 heterocycles. The van der Waals surface area contributed by atoms with Crippen LogP contribution >= 0.6 is 0 Å². The molecule has 0 aliphatic rings. The Bertz CT molecular complexity index is 2460. The van der Waals surface area contributed by atoms with Crippen LogP contribution in [-0.2, 0) is 0 Å². The van der Waals surface area contributed by atoms with Crippen LogP contribution in [0.4, 0.5) is 0 Å². The van der Waals surface area contributed by atoms with E-state index in [0.717, 1.165) is 68.5 Å². The van der Waals surface area contributed by atoms with Crippen LogP contribution < -0.4 is 4.74 Å². The van der Waals surface area contributed by atoms with Gasteiger partial charge in [0.2, 0.25) is 0 Å². The quantitative estimate of drug-likeness (QED) is 0.105. The highest BCUT2D eigenvalue weighted by Gasteiger charge is 2.21. The molecule has 0 aliphatic carbocycles. The highest BCUT2D eigenvalue weighted by Crippen LogP contribution is 2.41. The lowest BCUT2D eigenvalue weighted by atomic mass is 9.91. The highest BCUT2D eigenvalue weighted by molar-refractivity contribution is 5.93. The molecule has 0 fully saturated rings. The molecule has 0 saturated carbocycles. The third-order valence-corrected chi connectivity index (χ3v) is 10.6. The smallest absolute Gasteiger partial charge is 0.167 e. The van der Waals surface area contributed by atoms with E-state index in [1.807, 2.05) is 36.4 Å². The van der Waals surface area contributed by atoms with Crippen molar-refractivity contribution in [1.82, 2.24) is 15.0 Å². The topological polar surface area (TPSA) is 68.1 Å². The van der Waals surface area contributed by atoms with Gasteiger partial charge in [0, 0.05) is 17.2 Å². The molecule has 0 amide bonds. The van der Waals surface area contributed by atoms with Gasteiger partial charge in [-0.2, -0.15) is 0 Å². The van der Waals surface area contributed by atoms with E-state index < -0.39 is 0 Å². The first-order chi connectivity index (χ1) is 28.7. The summed E-state index contributed by atoms with van der Waals surface area (Å²) in [6.45, 7) is 2.84. The van der Waals surface area contributed by atoms with Crippen molar-refractivity contribution in [2.45, 2.75) is 45.4 Å². The van der Waals surface area contributed by atoms with Crippen molar-refractivity contribution in [2.75, 3.05) is 6.61 Å². The van der Waals surface area contributed by atoms with E-state index in [9.17, 15) is 5.11 Å². The Balaban J connectivity index is 1.25. The van der Waals surface area contributed by atoms with Crippen molar-refractivity contribution in [1.29, 1.82) is 0 Å². The van der Waals surface area contributed by atoms with Crippen molar-refractivity contribution in [2.24, 2.45) is 0 Å². The number of hydrogen-bond donors (Lipinski definition) is 1. The lowest BCUT2D eigenvalue weighted by Gasteiger charge is -2.17. The number of phenols is 1. The van der Waals surface area contributed by atoms with E-state index in [-0.39, 0.29) is 5.75 Å². The first-order valence-corrected chi connectivity index (χ1v) is 20.4. The zero-order valence-corrected chi connectivity index (χ0v) is 32.9. The molecule has 5 heteroatoms. The monoisotopic (exact) mass is 757 g/mol. The summed E-state index contributed by atoms with van der Waals surface area (Å²) in [7, 11) is 0. The summed E-state index contributed by atoms with van der Waals surface area (Å²) in [4.78, 5) is 15.5. The Morgan fingerprint density at radius 3 is 1.22 bits per heavy atom. The van der Waals surface area contributed by atoms with E-state index in [4.69, 9.17) is 19.7 Å². The summed E-state index contributed by atoms with van der Waals surface area (Å²) in [6.07, 6.45) is 7.09. The van der Waals surface area contributed by atoms with Gasteiger partial charge in [-0.3, -0.25) is 0 Å². The summed E-state index contributed by atoms with van der Waals surface area (Å²) in [6, 6.07) is 59.7. The highest BCUT2D eigenvalue weighted by atomic mass is 16.5. The third-order valence-electron chi connectivity index (χ3n) is 10.6. The maximum Gasteiger partial charge on any atom is 0.167 e. The second-order valence-corrected chi connectivity index (χ2v) is 14.5. The zero-order chi connectivity index (χ0) is 39.5. The van der Waals surface area contributed by atoms with Gasteiger partial charge in [-0.1, -0.05) is 197 Å². The molecule has 0 spiro atoms. The Labute approximate surface area is 341 Å². The number of nitrogens with zero attached hydrogens (tertiary/aromatic N) is 3.